The summed E-state index contributed by atoms with van der Waals surface area (Å²) in [6.45, 7) is 5.73. The number of carboxylic acids is 1. The molecule has 2 rings (SSSR count). The second kappa shape index (κ2) is 7.09. The summed E-state index contributed by atoms with van der Waals surface area (Å²) in [7, 11) is 0. The van der Waals surface area contributed by atoms with Crippen molar-refractivity contribution >= 4 is 11.9 Å². The van der Waals surface area contributed by atoms with Gasteiger partial charge in [-0.25, -0.2) is 4.98 Å². The molecule has 6 nitrogen and oxygen atoms in total. The predicted molar refractivity (Wildman–Crippen MR) is 84.2 cm³/mol. The molecule has 2 aromatic rings. The molecule has 0 unspecified atom stereocenters. The molecule has 0 fully saturated rings. The van der Waals surface area contributed by atoms with Gasteiger partial charge in [-0.1, -0.05) is 43.7 Å². The van der Waals surface area contributed by atoms with E-state index in [0.717, 1.165) is 11.1 Å². The monoisotopic (exact) mass is 316 g/mol. The van der Waals surface area contributed by atoms with Crippen LogP contribution in [-0.4, -0.2) is 22.0 Å². The second-order valence-corrected chi connectivity index (χ2v) is 5.75. The number of benzene rings is 1. The molecule has 0 spiro atoms. The summed E-state index contributed by atoms with van der Waals surface area (Å²) in [6.07, 6.45) is 1.02. The Morgan fingerprint density at radius 3 is 2.48 bits per heavy atom. The number of hydrogen-bond donors (Lipinski definition) is 2. The van der Waals surface area contributed by atoms with Crippen molar-refractivity contribution in [1.82, 2.24) is 10.3 Å². The number of rotatable bonds is 6. The fraction of sp³-hybridized carbons (Fsp3) is 0.353. The van der Waals surface area contributed by atoms with Crippen molar-refractivity contribution in [3.05, 3.63) is 53.2 Å². The third-order valence-electron chi connectivity index (χ3n) is 3.50. The maximum atomic E-state index is 12.4. The largest absolute Gasteiger partial charge is 0.481 e. The van der Waals surface area contributed by atoms with Crippen LogP contribution in [0, 0.1) is 6.92 Å². The number of oxazole rings is 1. The number of carbonyl (C=O) groups excluding carboxylic acids is 1. The number of aromatic nitrogens is 1. The Hall–Kier alpha value is -2.63. The molecule has 1 amide bonds. The van der Waals surface area contributed by atoms with Crippen molar-refractivity contribution in [2.45, 2.75) is 39.2 Å². The van der Waals surface area contributed by atoms with Gasteiger partial charge < -0.3 is 14.8 Å². The van der Waals surface area contributed by atoms with E-state index in [2.05, 4.69) is 10.3 Å². The van der Waals surface area contributed by atoms with Gasteiger partial charge in [-0.3, -0.25) is 9.59 Å². The van der Waals surface area contributed by atoms with Crippen molar-refractivity contribution < 1.29 is 19.1 Å². The lowest BCUT2D eigenvalue weighted by molar-refractivity contribution is -0.137. The summed E-state index contributed by atoms with van der Waals surface area (Å²) in [5, 5.41) is 11.8. The lowest BCUT2D eigenvalue weighted by Crippen LogP contribution is -2.31. The lowest BCUT2D eigenvalue weighted by atomic mass is 10.0. The van der Waals surface area contributed by atoms with Crippen molar-refractivity contribution in [2.75, 3.05) is 0 Å². The minimum atomic E-state index is -0.986. The molecular weight excluding hydrogens is 296 g/mol. The van der Waals surface area contributed by atoms with Gasteiger partial charge in [0.2, 0.25) is 0 Å². The number of aryl methyl sites for hydroxylation is 1. The maximum absolute atomic E-state index is 12.4. The summed E-state index contributed by atoms with van der Waals surface area (Å²) in [5.41, 5.74) is 2.00. The average molecular weight is 316 g/mol. The quantitative estimate of drug-likeness (QED) is 0.854. The Labute approximate surface area is 134 Å². The first-order chi connectivity index (χ1) is 10.9. The fourth-order valence-electron chi connectivity index (χ4n) is 2.29. The Balaban J connectivity index is 2.23. The second-order valence-electron chi connectivity index (χ2n) is 5.75. The van der Waals surface area contributed by atoms with Crippen LogP contribution >= 0.6 is 0 Å². The maximum Gasteiger partial charge on any atom is 0.305 e. The molecule has 0 radical (unpaired) electrons. The van der Waals surface area contributed by atoms with Crippen LogP contribution in [0.15, 0.2) is 35.1 Å². The molecule has 0 aliphatic rings. The number of amides is 1. The average Bonchev–Trinajstić information content (AvgIpc) is 2.96. The van der Waals surface area contributed by atoms with Gasteiger partial charge in [-0.2, -0.15) is 0 Å². The van der Waals surface area contributed by atoms with Gasteiger partial charge in [0.15, 0.2) is 12.1 Å². The number of aliphatic carboxylic acids is 1. The Morgan fingerprint density at radius 1 is 1.26 bits per heavy atom. The van der Waals surface area contributed by atoms with E-state index in [4.69, 9.17) is 9.52 Å². The van der Waals surface area contributed by atoms with Crippen LogP contribution in [0.2, 0.25) is 0 Å². The number of carbonyl (C=O) groups is 2. The van der Waals surface area contributed by atoms with Crippen LogP contribution in [-0.2, 0) is 4.79 Å². The first-order valence-corrected chi connectivity index (χ1v) is 7.41. The van der Waals surface area contributed by atoms with Gasteiger partial charge in [0, 0.05) is 5.92 Å². The molecule has 1 aromatic carbocycles. The highest BCUT2D eigenvalue weighted by Crippen LogP contribution is 2.21. The summed E-state index contributed by atoms with van der Waals surface area (Å²) >= 11 is 0. The van der Waals surface area contributed by atoms with Gasteiger partial charge in [-0.15, -0.1) is 0 Å². The summed E-state index contributed by atoms with van der Waals surface area (Å²) in [4.78, 5) is 27.5. The first kappa shape index (κ1) is 16.7. The Bertz CT molecular complexity index is 689. The molecular formula is C17H20N2O4. The van der Waals surface area contributed by atoms with E-state index in [1.807, 2.05) is 45.0 Å². The van der Waals surface area contributed by atoms with Crippen LogP contribution in [0.3, 0.4) is 0 Å². The van der Waals surface area contributed by atoms with Crippen LogP contribution in [0.4, 0.5) is 0 Å². The third kappa shape index (κ3) is 4.18. The molecule has 0 saturated heterocycles. The van der Waals surface area contributed by atoms with Crippen molar-refractivity contribution in [2.24, 2.45) is 0 Å². The minimum absolute atomic E-state index is 0.00977. The number of nitrogens with one attached hydrogen (secondary N) is 1. The van der Waals surface area contributed by atoms with Gasteiger partial charge in [-0.05, 0) is 12.5 Å². The van der Waals surface area contributed by atoms with Gasteiger partial charge in [0.05, 0.1) is 12.5 Å². The van der Waals surface area contributed by atoms with E-state index in [0.29, 0.717) is 5.76 Å². The molecule has 2 N–H and O–H groups in total. The minimum Gasteiger partial charge on any atom is -0.481 e. The zero-order valence-corrected chi connectivity index (χ0v) is 13.4. The highest BCUT2D eigenvalue weighted by Gasteiger charge is 2.24. The summed E-state index contributed by atoms with van der Waals surface area (Å²) in [6, 6.07) is 6.76. The molecule has 0 aliphatic carbocycles. The van der Waals surface area contributed by atoms with E-state index in [9.17, 15) is 9.59 Å². The van der Waals surface area contributed by atoms with Crippen molar-refractivity contribution in [3.63, 3.8) is 0 Å². The highest BCUT2D eigenvalue weighted by molar-refractivity contribution is 5.93. The van der Waals surface area contributed by atoms with Gasteiger partial charge in [0.1, 0.15) is 5.76 Å². The van der Waals surface area contributed by atoms with E-state index < -0.39 is 17.9 Å². The molecule has 0 aliphatic heterocycles. The molecule has 6 heteroatoms. The number of carboxylic acid groups (broad SMARTS) is 1. The zero-order valence-electron chi connectivity index (χ0n) is 13.4. The lowest BCUT2D eigenvalue weighted by Gasteiger charge is -2.17. The van der Waals surface area contributed by atoms with Crippen LogP contribution < -0.4 is 5.32 Å². The van der Waals surface area contributed by atoms with E-state index in [-0.39, 0.29) is 18.0 Å². The predicted octanol–water partition coefficient (Wildman–Crippen LogP) is 3.05. The summed E-state index contributed by atoms with van der Waals surface area (Å²) < 4.78 is 5.24. The molecule has 0 bridgehead atoms. The molecule has 0 saturated carbocycles. The topological polar surface area (TPSA) is 92.4 Å². The van der Waals surface area contributed by atoms with Gasteiger partial charge >= 0.3 is 5.97 Å². The van der Waals surface area contributed by atoms with Gasteiger partial charge in [0.25, 0.3) is 5.91 Å². The standard InChI is InChI=1S/C17H20N2O4/c1-10(2)16-15(18-9-23-16)17(22)19-13(8-14(20)21)12-6-4-11(3)5-7-12/h4-7,9-10,13H,8H2,1-3H3,(H,19,22)(H,20,21)/t13-/m0/s1. The van der Waals surface area contributed by atoms with Crippen LogP contribution in [0.1, 0.15) is 59.6 Å². The molecule has 1 heterocycles. The molecule has 23 heavy (non-hydrogen) atoms. The fourth-order valence-corrected chi connectivity index (χ4v) is 2.29. The van der Waals surface area contributed by atoms with E-state index in [1.54, 1.807) is 0 Å². The SMILES string of the molecule is Cc1ccc([C@H](CC(=O)O)NC(=O)c2ncoc2C(C)C)cc1. The first-order valence-electron chi connectivity index (χ1n) is 7.41. The van der Waals surface area contributed by atoms with E-state index in [1.165, 1.54) is 6.39 Å². The van der Waals surface area contributed by atoms with Crippen LogP contribution in [0.5, 0.6) is 0 Å². The summed E-state index contributed by atoms with van der Waals surface area (Å²) in [5.74, 6) is -0.926. The highest BCUT2D eigenvalue weighted by atomic mass is 16.4. The number of nitrogens with zero attached hydrogens (tertiary/aromatic N) is 1. The van der Waals surface area contributed by atoms with Crippen molar-refractivity contribution in [1.29, 1.82) is 0 Å². The smallest absolute Gasteiger partial charge is 0.305 e. The zero-order chi connectivity index (χ0) is 17.0. The van der Waals surface area contributed by atoms with Crippen LogP contribution in [0.25, 0.3) is 0 Å². The van der Waals surface area contributed by atoms with Crippen molar-refractivity contribution in [3.8, 4) is 0 Å². The third-order valence-corrected chi connectivity index (χ3v) is 3.50. The van der Waals surface area contributed by atoms with E-state index >= 15 is 0 Å². The molecule has 122 valence electrons. The number of hydrogen-bond acceptors (Lipinski definition) is 4. The Morgan fingerprint density at radius 2 is 1.91 bits per heavy atom. The Kier molecular flexibility index (Phi) is 5.16. The molecule has 1 aromatic heterocycles. The molecule has 1 atom stereocenters. The normalized spacial score (nSPS) is 12.2.